The lowest BCUT2D eigenvalue weighted by atomic mass is 9.95. The topological polar surface area (TPSA) is 96.0 Å². The average molecular weight is 387 g/mol. The molecule has 1 N–H and O–H groups in total. The van der Waals surface area contributed by atoms with Crippen molar-refractivity contribution in [1.82, 2.24) is 15.3 Å². The van der Waals surface area contributed by atoms with Crippen LogP contribution in [-0.2, 0) is 9.63 Å². The summed E-state index contributed by atoms with van der Waals surface area (Å²) >= 11 is 0. The first-order valence-corrected chi connectivity index (χ1v) is 9.58. The van der Waals surface area contributed by atoms with Crippen LogP contribution in [-0.4, -0.2) is 53.4 Å². The van der Waals surface area contributed by atoms with Crippen LogP contribution in [0, 0.1) is 11.8 Å². The average Bonchev–Trinajstić information content (AvgIpc) is 2.91. The van der Waals surface area contributed by atoms with Crippen LogP contribution in [0.15, 0.2) is 24.3 Å². The van der Waals surface area contributed by atoms with Crippen molar-refractivity contribution < 1.29 is 24.0 Å². The fourth-order valence-electron chi connectivity index (χ4n) is 3.44. The predicted octanol–water partition coefficient (Wildman–Crippen LogP) is 2.21. The van der Waals surface area contributed by atoms with Crippen LogP contribution < -0.4 is 5.32 Å². The van der Waals surface area contributed by atoms with E-state index >= 15 is 0 Å². The molecule has 8 heteroatoms. The number of imide groups is 1. The van der Waals surface area contributed by atoms with E-state index in [1.807, 2.05) is 13.8 Å². The van der Waals surface area contributed by atoms with Crippen molar-refractivity contribution in [2.45, 2.75) is 33.1 Å². The summed E-state index contributed by atoms with van der Waals surface area (Å²) in [7, 11) is 0. The number of rotatable bonds is 5. The number of hydrogen-bond donors (Lipinski definition) is 1. The summed E-state index contributed by atoms with van der Waals surface area (Å²) in [6.07, 6.45) is 1.62. The van der Waals surface area contributed by atoms with E-state index < -0.39 is 17.8 Å². The molecule has 2 heterocycles. The summed E-state index contributed by atoms with van der Waals surface area (Å²) in [6, 6.07) is 6.22. The van der Waals surface area contributed by atoms with E-state index in [1.54, 1.807) is 17.0 Å². The molecule has 8 nitrogen and oxygen atoms in total. The molecule has 0 spiro atoms. The Balaban J connectivity index is 1.53. The monoisotopic (exact) mass is 387 g/mol. The second kappa shape index (κ2) is 8.41. The normalized spacial score (nSPS) is 19.0. The maximum atomic E-state index is 12.3. The minimum Gasteiger partial charge on any atom is -0.338 e. The summed E-state index contributed by atoms with van der Waals surface area (Å²) in [5, 5.41) is 3.41. The first-order chi connectivity index (χ1) is 13.4. The Morgan fingerprint density at radius 3 is 2.43 bits per heavy atom. The molecule has 1 unspecified atom stereocenters. The zero-order valence-electron chi connectivity index (χ0n) is 16.1. The van der Waals surface area contributed by atoms with Crippen molar-refractivity contribution in [3.05, 3.63) is 35.4 Å². The molecule has 2 aliphatic rings. The van der Waals surface area contributed by atoms with Crippen LogP contribution in [0.1, 0.15) is 53.8 Å². The van der Waals surface area contributed by atoms with Gasteiger partial charge in [0.25, 0.3) is 11.8 Å². The van der Waals surface area contributed by atoms with Gasteiger partial charge in [0.1, 0.15) is 0 Å². The molecule has 4 amide bonds. The van der Waals surface area contributed by atoms with Gasteiger partial charge >= 0.3 is 12.0 Å². The first-order valence-electron chi connectivity index (χ1n) is 9.58. The highest BCUT2D eigenvalue weighted by Crippen LogP contribution is 2.25. The number of hydroxylamine groups is 2. The third-order valence-electron chi connectivity index (χ3n) is 4.87. The molecular formula is C20H25N3O5. The number of carbonyl (C=O) groups is 4. The van der Waals surface area contributed by atoms with Crippen LogP contribution in [0.3, 0.4) is 0 Å². The molecule has 2 aliphatic heterocycles. The number of nitrogens with zero attached hydrogens (tertiary/aromatic N) is 2. The van der Waals surface area contributed by atoms with Crippen LogP contribution in [0.5, 0.6) is 0 Å². The van der Waals surface area contributed by atoms with Gasteiger partial charge in [-0.15, -0.1) is 0 Å². The Morgan fingerprint density at radius 1 is 1.18 bits per heavy atom. The number of nitrogens with one attached hydrogen (secondary N) is 1. The fraction of sp³-hybridized carbons (Fsp3) is 0.500. The van der Waals surface area contributed by atoms with Crippen LogP contribution in [0.2, 0.25) is 0 Å². The zero-order chi connectivity index (χ0) is 20.3. The van der Waals surface area contributed by atoms with Gasteiger partial charge in [0, 0.05) is 19.6 Å². The standard InChI is InChI=1S/C20H25N3O5/c1-13(2)11-21-20(27)22-9-5-6-14(12-22)10-17(24)28-23-18(25)15-7-3-4-8-16(15)19(23)26/h3-4,7-8,13-14H,5-6,9-12H2,1-2H3,(H,21,27). The molecule has 1 aromatic rings. The number of urea groups is 1. The summed E-state index contributed by atoms with van der Waals surface area (Å²) in [5.74, 6) is -1.62. The summed E-state index contributed by atoms with van der Waals surface area (Å²) < 4.78 is 0. The van der Waals surface area contributed by atoms with Gasteiger partial charge in [-0.05, 0) is 36.8 Å². The lowest BCUT2D eigenvalue weighted by Crippen LogP contribution is -2.46. The highest BCUT2D eigenvalue weighted by Gasteiger charge is 2.39. The molecular weight excluding hydrogens is 362 g/mol. The van der Waals surface area contributed by atoms with Gasteiger partial charge in [0.05, 0.1) is 17.5 Å². The minimum absolute atomic E-state index is 0.0430. The van der Waals surface area contributed by atoms with E-state index in [2.05, 4.69) is 5.32 Å². The lowest BCUT2D eigenvalue weighted by Gasteiger charge is -2.32. The Bertz CT molecular complexity index is 757. The maximum absolute atomic E-state index is 12.3. The van der Waals surface area contributed by atoms with Crippen LogP contribution >= 0.6 is 0 Å². The van der Waals surface area contributed by atoms with Crippen LogP contribution in [0.25, 0.3) is 0 Å². The third-order valence-corrected chi connectivity index (χ3v) is 4.87. The highest BCUT2D eigenvalue weighted by atomic mass is 16.7. The fourth-order valence-corrected chi connectivity index (χ4v) is 3.44. The van der Waals surface area contributed by atoms with Gasteiger partial charge in [-0.25, -0.2) is 9.59 Å². The highest BCUT2D eigenvalue weighted by molar-refractivity contribution is 6.20. The minimum atomic E-state index is -0.649. The first kappa shape index (κ1) is 19.9. The van der Waals surface area contributed by atoms with Gasteiger partial charge in [-0.1, -0.05) is 31.0 Å². The third kappa shape index (κ3) is 4.32. The van der Waals surface area contributed by atoms with E-state index in [0.29, 0.717) is 30.6 Å². The number of hydrogen-bond acceptors (Lipinski definition) is 5. The molecule has 1 saturated heterocycles. The molecule has 28 heavy (non-hydrogen) atoms. The summed E-state index contributed by atoms with van der Waals surface area (Å²) in [4.78, 5) is 55.9. The Hall–Kier alpha value is -2.90. The van der Waals surface area contributed by atoms with Gasteiger partial charge in [0.15, 0.2) is 0 Å². The predicted molar refractivity (Wildman–Crippen MR) is 100 cm³/mol. The van der Waals surface area contributed by atoms with Crippen molar-refractivity contribution in [3.8, 4) is 0 Å². The molecule has 1 fully saturated rings. The quantitative estimate of drug-likeness (QED) is 0.782. The lowest BCUT2D eigenvalue weighted by molar-refractivity contribution is -0.170. The van der Waals surface area contributed by atoms with Gasteiger partial charge in [0.2, 0.25) is 0 Å². The number of carbonyl (C=O) groups excluding carboxylic acids is 4. The molecule has 0 radical (unpaired) electrons. The Kier molecular flexibility index (Phi) is 5.96. The Morgan fingerprint density at radius 2 is 1.82 bits per heavy atom. The number of fused-ring (bicyclic) bond motifs is 1. The van der Waals surface area contributed by atoms with Crippen molar-refractivity contribution >= 4 is 23.8 Å². The number of piperidine rings is 1. The molecule has 150 valence electrons. The van der Waals surface area contributed by atoms with E-state index in [9.17, 15) is 19.2 Å². The van der Waals surface area contributed by atoms with E-state index in [0.717, 1.165) is 12.8 Å². The smallest absolute Gasteiger partial charge is 0.333 e. The van der Waals surface area contributed by atoms with E-state index in [-0.39, 0.29) is 29.5 Å². The van der Waals surface area contributed by atoms with Gasteiger partial charge in [-0.3, -0.25) is 9.59 Å². The summed E-state index contributed by atoms with van der Waals surface area (Å²) in [6.45, 7) is 5.74. The SMILES string of the molecule is CC(C)CNC(=O)N1CCCC(CC(=O)ON2C(=O)c3ccccc3C2=O)C1. The molecule has 3 rings (SSSR count). The molecule has 1 aromatic carbocycles. The van der Waals surface area contributed by atoms with Crippen molar-refractivity contribution in [2.75, 3.05) is 19.6 Å². The molecule has 1 atom stereocenters. The van der Waals surface area contributed by atoms with Crippen LogP contribution in [0.4, 0.5) is 4.79 Å². The van der Waals surface area contributed by atoms with Crippen molar-refractivity contribution in [2.24, 2.45) is 11.8 Å². The van der Waals surface area contributed by atoms with Gasteiger partial charge in [-0.2, -0.15) is 0 Å². The second-order valence-corrected chi connectivity index (χ2v) is 7.65. The Labute approximate surface area is 163 Å². The van der Waals surface area contributed by atoms with E-state index in [1.165, 1.54) is 12.1 Å². The van der Waals surface area contributed by atoms with Crippen molar-refractivity contribution in [1.29, 1.82) is 0 Å². The van der Waals surface area contributed by atoms with Gasteiger partial charge < -0.3 is 15.1 Å². The molecule has 0 saturated carbocycles. The largest absolute Gasteiger partial charge is 0.338 e. The molecule has 0 aliphatic carbocycles. The second-order valence-electron chi connectivity index (χ2n) is 7.65. The maximum Gasteiger partial charge on any atom is 0.333 e. The van der Waals surface area contributed by atoms with E-state index in [4.69, 9.17) is 4.84 Å². The number of benzene rings is 1. The molecule has 0 aromatic heterocycles. The number of likely N-dealkylation sites (tertiary alicyclic amines) is 1. The zero-order valence-corrected chi connectivity index (χ0v) is 16.1. The number of amides is 4. The molecule has 0 bridgehead atoms. The summed E-state index contributed by atoms with van der Waals surface area (Å²) in [5.41, 5.74) is 0.455. The van der Waals surface area contributed by atoms with Crippen molar-refractivity contribution in [3.63, 3.8) is 0 Å².